The van der Waals surface area contributed by atoms with E-state index < -0.39 is 0 Å². The van der Waals surface area contributed by atoms with Crippen LogP contribution in [0.4, 0.5) is 5.69 Å². The lowest BCUT2D eigenvalue weighted by atomic mass is 9.82. The maximum Gasteiger partial charge on any atom is 0.115 e. The first-order valence-electron chi connectivity index (χ1n) is 10.3. The number of anilines is 1. The highest BCUT2D eigenvalue weighted by Crippen LogP contribution is 2.47. The first kappa shape index (κ1) is 18.7. The summed E-state index contributed by atoms with van der Waals surface area (Å²) in [7, 11) is 0. The van der Waals surface area contributed by atoms with Crippen LogP contribution in [0.2, 0.25) is 0 Å². The Kier molecular flexibility index (Phi) is 4.91. The molecule has 0 unspecified atom stereocenters. The fourth-order valence-electron chi connectivity index (χ4n) is 4.93. The third-order valence-electron chi connectivity index (χ3n) is 6.30. The van der Waals surface area contributed by atoms with Crippen LogP contribution in [0.25, 0.3) is 11.1 Å². The Hall–Kier alpha value is -3.27. The highest BCUT2D eigenvalue weighted by Gasteiger charge is 2.43. The predicted octanol–water partition coefficient (Wildman–Crippen LogP) is 3.36. The summed E-state index contributed by atoms with van der Waals surface area (Å²) in [6.45, 7) is 1.87. The van der Waals surface area contributed by atoms with Gasteiger partial charge in [0.15, 0.2) is 0 Å². The summed E-state index contributed by atoms with van der Waals surface area (Å²) < 4.78 is 0. The summed E-state index contributed by atoms with van der Waals surface area (Å²) in [5.41, 5.74) is 6.22. The molecule has 0 saturated carbocycles. The van der Waals surface area contributed by atoms with Crippen LogP contribution in [-0.4, -0.2) is 39.2 Å². The number of fused-ring (bicyclic) bond motifs is 3. The highest BCUT2D eigenvalue weighted by molar-refractivity contribution is 5.71. The van der Waals surface area contributed by atoms with Crippen molar-refractivity contribution in [3.05, 3.63) is 77.9 Å². The molecule has 1 saturated heterocycles. The molecule has 3 atom stereocenters. The molecule has 0 radical (unpaired) electrons. The van der Waals surface area contributed by atoms with Crippen LogP contribution >= 0.6 is 0 Å². The molecule has 0 bridgehead atoms. The SMILES string of the molecule is N#Cc1cccc(-c2ccc3c(c2)[C@@H]2[C@@H](CCN2Cc2cncnc2)[C@@H](CO)N3)c1. The van der Waals surface area contributed by atoms with Crippen molar-refractivity contribution >= 4 is 5.69 Å². The van der Waals surface area contributed by atoms with Crippen molar-refractivity contribution in [3.8, 4) is 17.2 Å². The number of nitriles is 1. The van der Waals surface area contributed by atoms with Gasteiger partial charge in [0, 0.05) is 42.1 Å². The van der Waals surface area contributed by atoms with E-state index in [1.54, 1.807) is 6.33 Å². The molecule has 6 nitrogen and oxygen atoms in total. The Morgan fingerprint density at radius 2 is 1.97 bits per heavy atom. The molecule has 1 aromatic heterocycles. The zero-order chi connectivity index (χ0) is 20.5. The lowest BCUT2D eigenvalue weighted by molar-refractivity contribution is 0.172. The van der Waals surface area contributed by atoms with Gasteiger partial charge in [-0.15, -0.1) is 0 Å². The van der Waals surface area contributed by atoms with Crippen molar-refractivity contribution in [1.29, 1.82) is 5.26 Å². The lowest BCUT2D eigenvalue weighted by Crippen LogP contribution is -2.41. The standard InChI is InChI=1S/C24H23N5O/c25-10-16-2-1-3-18(8-16)19-4-5-22-21(9-19)24-20(23(14-30)28-22)6-7-29(24)13-17-11-26-15-27-12-17/h1-5,8-9,11-12,15,20,23-24,28,30H,6-7,13-14H2/t20-,23+,24-/m0/s1. The van der Waals surface area contributed by atoms with E-state index in [-0.39, 0.29) is 18.7 Å². The van der Waals surface area contributed by atoms with E-state index in [9.17, 15) is 10.4 Å². The Morgan fingerprint density at radius 1 is 1.13 bits per heavy atom. The van der Waals surface area contributed by atoms with Gasteiger partial charge in [-0.05, 0) is 53.9 Å². The van der Waals surface area contributed by atoms with Crippen molar-refractivity contribution in [2.75, 3.05) is 18.5 Å². The minimum atomic E-state index is 0.0484. The number of likely N-dealkylation sites (tertiary alicyclic amines) is 1. The molecule has 2 aliphatic rings. The molecule has 2 aromatic carbocycles. The number of nitrogens with zero attached hydrogens (tertiary/aromatic N) is 4. The Labute approximate surface area is 175 Å². The Morgan fingerprint density at radius 3 is 2.77 bits per heavy atom. The minimum Gasteiger partial charge on any atom is -0.394 e. The van der Waals surface area contributed by atoms with E-state index in [2.05, 4.69) is 44.5 Å². The van der Waals surface area contributed by atoms with Crippen LogP contribution in [0.1, 0.15) is 29.2 Å². The highest BCUT2D eigenvalue weighted by atomic mass is 16.3. The molecule has 0 aliphatic carbocycles. The normalized spacial score (nSPS) is 22.6. The minimum absolute atomic E-state index is 0.0484. The first-order chi connectivity index (χ1) is 14.8. The van der Waals surface area contributed by atoms with Gasteiger partial charge < -0.3 is 10.4 Å². The topological polar surface area (TPSA) is 85.1 Å². The number of hydrogen-bond donors (Lipinski definition) is 2. The van der Waals surface area contributed by atoms with Crippen LogP contribution in [0.3, 0.4) is 0 Å². The molecule has 5 rings (SSSR count). The van der Waals surface area contributed by atoms with E-state index in [1.807, 2.05) is 36.7 Å². The van der Waals surface area contributed by atoms with E-state index >= 15 is 0 Å². The molecule has 0 spiro atoms. The second-order valence-corrected chi connectivity index (χ2v) is 8.04. The second kappa shape index (κ2) is 7.86. The van der Waals surface area contributed by atoms with E-state index in [0.717, 1.165) is 41.9 Å². The quantitative estimate of drug-likeness (QED) is 0.702. The molecule has 3 aromatic rings. The maximum atomic E-state index is 10.00. The van der Waals surface area contributed by atoms with Gasteiger partial charge in [-0.2, -0.15) is 5.26 Å². The average Bonchev–Trinajstić information content (AvgIpc) is 3.23. The number of benzene rings is 2. The van der Waals surface area contributed by atoms with Crippen LogP contribution < -0.4 is 5.32 Å². The zero-order valence-electron chi connectivity index (χ0n) is 16.6. The summed E-state index contributed by atoms with van der Waals surface area (Å²) in [4.78, 5) is 10.8. The third-order valence-corrected chi connectivity index (χ3v) is 6.30. The number of nitrogens with one attached hydrogen (secondary N) is 1. The smallest absolute Gasteiger partial charge is 0.115 e. The fourth-order valence-corrected chi connectivity index (χ4v) is 4.93. The van der Waals surface area contributed by atoms with Gasteiger partial charge in [-0.3, -0.25) is 4.90 Å². The Bertz CT molecular complexity index is 1090. The van der Waals surface area contributed by atoms with Gasteiger partial charge in [-0.1, -0.05) is 18.2 Å². The molecule has 2 aliphatic heterocycles. The van der Waals surface area contributed by atoms with Crippen LogP contribution in [-0.2, 0) is 6.54 Å². The molecule has 150 valence electrons. The maximum absolute atomic E-state index is 10.00. The third kappa shape index (κ3) is 3.32. The number of aliphatic hydroxyl groups excluding tert-OH is 1. The molecule has 3 heterocycles. The van der Waals surface area contributed by atoms with Crippen molar-refractivity contribution in [3.63, 3.8) is 0 Å². The van der Waals surface area contributed by atoms with E-state index in [0.29, 0.717) is 11.5 Å². The van der Waals surface area contributed by atoms with Crippen LogP contribution in [0.15, 0.2) is 61.2 Å². The summed E-state index contributed by atoms with van der Waals surface area (Å²) in [5.74, 6) is 0.341. The molecular weight excluding hydrogens is 374 g/mol. The summed E-state index contributed by atoms with van der Waals surface area (Å²) in [6, 6.07) is 16.6. The van der Waals surface area contributed by atoms with E-state index in [1.165, 1.54) is 5.56 Å². The van der Waals surface area contributed by atoms with Crippen molar-refractivity contribution < 1.29 is 5.11 Å². The van der Waals surface area contributed by atoms with Crippen molar-refractivity contribution in [2.45, 2.75) is 25.0 Å². The molecule has 2 N–H and O–H groups in total. The molecular formula is C24H23N5O. The molecule has 30 heavy (non-hydrogen) atoms. The summed E-state index contributed by atoms with van der Waals surface area (Å²) >= 11 is 0. The molecule has 0 amide bonds. The molecule has 6 heteroatoms. The summed E-state index contributed by atoms with van der Waals surface area (Å²) in [5, 5.41) is 22.8. The second-order valence-electron chi connectivity index (χ2n) is 8.04. The first-order valence-corrected chi connectivity index (χ1v) is 10.3. The number of aliphatic hydroxyl groups is 1. The van der Waals surface area contributed by atoms with Crippen LogP contribution in [0.5, 0.6) is 0 Å². The van der Waals surface area contributed by atoms with Gasteiger partial charge in [0.2, 0.25) is 0 Å². The number of hydrogen-bond acceptors (Lipinski definition) is 6. The lowest BCUT2D eigenvalue weighted by Gasteiger charge is -2.39. The Balaban J connectivity index is 1.54. The monoisotopic (exact) mass is 397 g/mol. The van der Waals surface area contributed by atoms with Crippen LogP contribution in [0, 0.1) is 17.2 Å². The number of aromatic nitrogens is 2. The molecule has 1 fully saturated rings. The van der Waals surface area contributed by atoms with Gasteiger partial charge in [0.05, 0.1) is 24.3 Å². The predicted molar refractivity (Wildman–Crippen MR) is 114 cm³/mol. The largest absolute Gasteiger partial charge is 0.394 e. The fraction of sp³-hybridized carbons (Fsp3) is 0.292. The summed E-state index contributed by atoms with van der Waals surface area (Å²) in [6.07, 6.45) is 6.33. The number of rotatable bonds is 4. The van der Waals surface area contributed by atoms with E-state index in [4.69, 9.17) is 0 Å². The van der Waals surface area contributed by atoms with Gasteiger partial charge in [0.1, 0.15) is 6.33 Å². The van der Waals surface area contributed by atoms with Gasteiger partial charge in [0.25, 0.3) is 0 Å². The van der Waals surface area contributed by atoms with Crippen molar-refractivity contribution in [2.24, 2.45) is 5.92 Å². The van der Waals surface area contributed by atoms with Gasteiger partial charge >= 0.3 is 0 Å². The van der Waals surface area contributed by atoms with Gasteiger partial charge in [-0.25, -0.2) is 9.97 Å². The average molecular weight is 397 g/mol. The zero-order valence-corrected chi connectivity index (χ0v) is 16.6. The van der Waals surface area contributed by atoms with Crippen molar-refractivity contribution in [1.82, 2.24) is 14.9 Å².